The van der Waals surface area contributed by atoms with Crippen molar-refractivity contribution in [3.05, 3.63) is 29.3 Å². The molecule has 1 aromatic rings. The van der Waals surface area contributed by atoms with Crippen LogP contribution < -0.4 is 15.2 Å². The predicted octanol–water partition coefficient (Wildman–Crippen LogP) is 1.08. The number of ether oxygens (including phenoxy) is 2. The molecular weight excluding hydrogens is 292 g/mol. The van der Waals surface area contributed by atoms with Gasteiger partial charge in [0.05, 0.1) is 7.11 Å². The Balaban J connectivity index is 1.85. The smallest absolute Gasteiger partial charge is 0.166 e. The van der Waals surface area contributed by atoms with Gasteiger partial charge in [-0.2, -0.15) is 0 Å². The molecule has 23 heavy (non-hydrogen) atoms. The number of nitrogens with zero attached hydrogens (tertiary/aromatic N) is 1. The minimum atomic E-state index is -0.584. The van der Waals surface area contributed by atoms with Gasteiger partial charge >= 0.3 is 0 Å². The van der Waals surface area contributed by atoms with Crippen LogP contribution in [0.3, 0.4) is 0 Å². The normalized spacial score (nSPS) is 39.8. The molecule has 0 radical (unpaired) electrons. The first-order chi connectivity index (χ1) is 11.1. The summed E-state index contributed by atoms with van der Waals surface area (Å²) in [6.45, 7) is 1.01. The zero-order valence-electron chi connectivity index (χ0n) is 13.5. The van der Waals surface area contributed by atoms with Crippen molar-refractivity contribution in [1.82, 2.24) is 4.90 Å². The zero-order chi connectivity index (χ0) is 15.9. The molecule has 5 nitrogen and oxygen atoms in total. The number of hydrogen-bond acceptors (Lipinski definition) is 5. The standard InChI is InChI=1S/C18H22N2O3/c1-20-6-5-18-10-3-4-13(21)17(18)23-16-14(22-2)8-11(19)9(15(16)18)7-12(10)20/h3-4,8,10,12-13,17,21H,5-7,19H2,1-2H3/t10-,12+,13-,17-,18-/m0/s1. The van der Waals surface area contributed by atoms with E-state index >= 15 is 0 Å². The highest BCUT2D eigenvalue weighted by molar-refractivity contribution is 5.70. The van der Waals surface area contributed by atoms with Crippen molar-refractivity contribution in [2.24, 2.45) is 5.92 Å². The molecular formula is C18H22N2O3. The lowest BCUT2D eigenvalue weighted by atomic mass is 9.53. The lowest BCUT2D eigenvalue weighted by Gasteiger charge is -2.56. The van der Waals surface area contributed by atoms with E-state index in [1.165, 1.54) is 11.1 Å². The van der Waals surface area contributed by atoms with Gasteiger partial charge in [-0.3, -0.25) is 0 Å². The summed E-state index contributed by atoms with van der Waals surface area (Å²) in [5.41, 5.74) is 9.39. The Morgan fingerprint density at radius 1 is 1.43 bits per heavy atom. The minimum absolute atomic E-state index is 0.170. The van der Waals surface area contributed by atoms with Crippen LogP contribution in [0.1, 0.15) is 17.5 Å². The summed E-state index contributed by atoms with van der Waals surface area (Å²) >= 11 is 0. The Hall–Kier alpha value is -1.72. The highest BCUT2D eigenvalue weighted by Gasteiger charge is 2.64. The largest absolute Gasteiger partial charge is 0.493 e. The van der Waals surface area contributed by atoms with Crippen LogP contribution in [0.2, 0.25) is 0 Å². The SMILES string of the molecule is COc1cc(N)c2c3c1O[C@H]1[C@@H](O)C=C[C@H]4[C@@H](C2)N(C)CC[C@@]341. The third kappa shape index (κ3) is 1.41. The molecule has 5 heteroatoms. The molecule has 3 N–H and O–H groups in total. The molecule has 0 saturated carbocycles. The number of anilines is 1. The lowest BCUT2D eigenvalue weighted by molar-refractivity contribution is -0.0452. The Labute approximate surface area is 135 Å². The maximum atomic E-state index is 10.6. The molecule has 1 saturated heterocycles. The van der Waals surface area contributed by atoms with Crippen LogP contribution in [0.25, 0.3) is 0 Å². The molecule has 2 aliphatic carbocycles. The van der Waals surface area contributed by atoms with E-state index in [1.807, 2.05) is 12.1 Å². The third-order valence-electron chi connectivity index (χ3n) is 6.52. The highest BCUT2D eigenvalue weighted by atomic mass is 16.5. The van der Waals surface area contributed by atoms with Crippen LogP contribution in [0, 0.1) is 5.92 Å². The van der Waals surface area contributed by atoms with E-state index in [-0.39, 0.29) is 11.5 Å². The van der Waals surface area contributed by atoms with Crippen LogP contribution in [-0.2, 0) is 11.8 Å². The molecule has 5 atom stereocenters. The van der Waals surface area contributed by atoms with E-state index in [9.17, 15) is 5.11 Å². The Morgan fingerprint density at radius 2 is 2.26 bits per heavy atom. The summed E-state index contributed by atoms with van der Waals surface area (Å²) in [5, 5.41) is 10.6. The van der Waals surface area contributed by atoms with Crippen LogP contribution in [0.5, 0.6) is 11.5 Å². The number of benzene rings is 1. The summed E-state index contributed by atoms with van der Waals surface area (Å²) in [7, 11) is 3.83. The summed E-state index contributed by atoms with van der Waals surface area (Å²) < 4.78 is 11.8. The summed E-state index contributed by atoms with van der Waals surface area (Å²) in [4.78, 5) is 2.43. The van der Waals surface area contributed by atoms with E-state index in [0.29, 0.717) is 17.7 Å². The maximum absolute atomic E-state index is 10.6. The van der Waals surface area contributed by atoms with Crippen LogP contribution >= 0.6 is 0 Å². The Morgan fingerprint density at radius 3 is 3.04 bits per heavy atom. The number of piperidine rings is 1. The second-order valence-corrected chi connectivity index (χ2v) is 7.33. The minimum Gasteiger partial charge on any atom is -0.493 e. The number of hydrogen-bond donors (Lipinski definition) is 2. The quantitative estimate of drug-likeness (QED) is 0.600. The van der Waals surface area contributed by atoms with E-state index in [0.717, 1.165) is 30.8 Å². The topological polar surface area (TPSA) is 68.0 Å². The number of aliphatic hydroxyl groups excluding tert-OH is 1. The van der Waals surface area contributed by atoms with Crippen LogP contribution in [0.15, 0.2) is 18.2 Å². The van der Waals surface area contributed by atoms with E-state index < -0.39 is 6.10 Å². The van der Waals surface area contributed by atoms with E-state index in [4.69, 9.17) is 15.2 Å². The average Bonchev–Trinajstić information content (AvgIpc) is 2.89. The molecule has 5 rings (SSSR count). The first-order valence-electron chi connectivity index (χ1n) is 8.31. The number of methoxy groups -OCH3 is 1. The fourth-order valence-electron chi connectivity index (χ4n) is 5.49. The molecule has 0 unspecified atom stereocenters. The highest BCUT2D eigenvalue weighted by Crippen LogP contribution is 2.63. The van der Waals surface area contributed by atoms with Gasteiger partial charge in [-0.05, 0) is 32.0 Å². The Kier molecular flexibility index (Phi) is 2.51. The van der Waals surface area contributed by atoms with Crippen LogP contribution in [0.4, 0.5) is 5.69 Å². The lowest BCUT2D eigenvalue weighted by Crippen LogP contribution is -2.64. The molecule has 1 spiro atoms. The van der Waals surface area contributed by atoms with Gasteiger partial charge in [0.15, 0.2) is 11.5 Å². The third-order valence-corrected chi connectivity index (χ3v) is 6.52. The second-order valence-electron chi connectivity index (χ2n) is 7.33. The molecule has 0 amide bonds. The van der Waals surface area contributed by atoms with Gasteiger partial charge in [0, 0.05) is 34.7 Å². The second kappa shape index (κ2) is 4.22. The van der Waals surface area contributed by atoms with Crippen molar-refractivity contribution in [2.45, 2.75) is 36.5 Å². The van der Waals surface area contributed by atoms with Crippen molar-refractivity contribution in [3.8, 4) is 11.5 Å². The van der Waals surface area contributed by atoms with Gasteiger partial charge in [0.1, 0.15) is 12.2 Å². The molecule has 122 valence electrons. The van der Waals surface area contributed by atoms with Gasteiger partial charge < -0.3 is 25.2 Å². The number of likely N-dealkylation sites (tertiary alicyclic amines) is 1. The average molecular weight is 314 g/mol. The number of likely N-dealkylation sites (N-methyl/N-ethyl adjacent to an activating group) is 1. The number of aliphatic hydroxyl groups is 1. The van der Waals surface area contributed by atoms with Crippen molar-refractivity contribution >= 4 is 5.69 Å². The van der Waals surface area contributed by atoms with Crippen molar-refractivity contribution in [2.75, 3.05) is 26.4 Å². The Bertz CT molecular complexity index is 731. The molecule has 1 aromatic carbocycles. The van der Waals surface area contributed by atoms with E-state index in [1.54, 1.807) is 7.11 Å². The van der Waals surface area contributed by atoms with Gasteiger partial charge in [-0.25, -0.2) is 0 Å². The molecule has 2 bridgehead atoms. The fourth-order valence-corrected chi connectivity index (χ4v) is 5.49. The summed E-state index contributed by atoms with van der Waals surface area (Å²) in [6.07, 6.45) is 5.20. The zero-order valence-corrected chi connectivity index (χ0v) is 13.5. The van der Waals surface area contributed by atoms with Crippen molar-refractivity contribution < 1.29 is 14.6 Å². The number of rotatable bonds is 1. The summed E-state index contributed by atoms with van der Waals surface area (Å²) in [6, 6.07) is 2.28. The first-order valence-corrected chi connectivity index (χ1v) is 8.31. The molecule has 1 fully saturated rings. The molecule has 2 heterocycles. The number of nitrogen functional groups attached to an aromatic ring is 1. The van der Waals surface area contributed by atoms with Crippen molar-refractivity contribution in [1.29, 1.82) is 0 Å². The molecule has 2 aliphatic heterocycles. The molecule has 0 aromatic heterocycles. The maximum Gasteiger partial charge on any atom is 0.166 e. The number of nitrogens with two attached hydrogens (primary N) is 1. The van der Waals surface area contributed by atoms with Crippen LogP contribution in [-0.4, -0.2) is 49.0 Å². The summed E-state index contributed by atoms with van der Waals surface area (Å²) in [5.74, 6) is 1.85. The first kappa shape index (κ1) is 13.7. The predicted molar refractivity (Wildman–Crippen MR) is 86.9 cm³/mol. The van der Waals surface area contributed by atoms with Gasteiger partial charge in [-0.15, -0.1) is 0 Å². The van der Waals surface area contributed by atoms with E-state index in [2.05, 4.69) is 18.0 Å². The monoisotopic (exact) mass is 314 g/mol. The van der Waals surface area contributed by atoms with Gasteiger partial charge in [0.25, 0.3) is 0 Å². The van der Waals surface area contributed by atoms with Gasteiger partial charge in [0.2, 0.25) is 0 Å². The van der Waals surface area contributed by atoms with Crippen molar-refractivity contribution in [3.63, 3.8) is 0 Å². The van der Waals surface area contributed by atoms with Gasteiger partial charge in [-0.1, -0.05) is 12.2 Å². The fraction of sp³-hybridized carbons (Fsp3) is 0.556. The molecule has 4 aliphatic rings.